The number of ether oxygens (including phenoxy) is 3. The van der Waals surface area contributed by atoms with Gasteiger partial charge in [0.1, 0.15) is 17.2 Å². The molecule has 0 unspecified atom stereocenters. The van der Waals surface area contributed by atoms with Crippen molar-refractivity contribution >= 4 is 12.1 Å². The molecule has 2 aromatic rings. The number of nitrogens with one attached hydrogen (secondary N) is 1. The van der Waals surface area contributed by atoms with Gasteiger partial charge in [-0.25, -0.2) is 5.43 Å². The fraction of sp³-hybridized carbons (Fsp3) is 0.176. The van der Waals surface area contributed by atoms with Crippen molar-refractivity contribution in [2.75, 3.05) is 21.3 Å². The van der Waals surface area contributed by atoms with Gasteiger partial charge >= 0.3 is 0 Å². The summed E-state index contributed by atoms with van der Waals surface area (Å²) in [5.74, 6) is 1.68. The van der Waals surface area contributed by atoms with Gasteiger partial charge in [0, 0.05) is 11.1 Å². The molecule has 0 saturated carbocycles. The summed E-state index contributed by atoms with van der Waals surface area (Å²) < 4.78 is 15.4. The van der Waals surface area contributed by atoms with Gasteiger partial charge in [-0.1, -0.05) is 0 Å². The number of nitrogens with zero attached hydrogens (tertiary/aromatic N) is 1. The lowest BCUT2D eigenvalue weighted by molar-refractivity contribution is 0.0955. The van der Waals surface area contributed by atoms with Crippen LogP contribution in [0.15, 0.2) is 47.6 Å². The van der Waals surface area contributed by atoms with Gasteiger partial charge in [0.25, 0.3) is 5.91 Å². The molecule has 2 rings (SSSR count). The van der Waals surface area contributed by atoms with Gasteiger partial charge in [-0.15, -0.1) is 0 Å². The Morgan fingerprint density at radius 3 is 2.22 bits per heavy atom. The van der Waals surface area contributed by atoms with Crippen LogP contribution in [0.1, 0.15) is 15.9 Å². The molecule has 0 aromatic heterocycles. The lowest BCUT2D eigenvalue weighted by Gasteiger charge is -2.07. The molecule has 0 aliphatic carbocycles. The molecule has 0 bridgehead atoms. The molecule has 0 atom stereocenters. The first-order valence-electron chi connectivity index (χ1n) is 6.87. The third-order valence-electron chi connectivity index (χ3n) is 3.16. The van der Waals surface area contributed by atoms with Gasteiger partial charge in [0.2, 0.25) is 0 Å². The van der Waals surface area contributed by atoms with Crippen molar-refractivity contribution in [1.29, 1.82) is 0 Å². The molecule has 0 spiro atoms. The Hall–Kier alpha value is -3.02. The molecule has 120 valence electrons. The highest BCUT2D eigenvalue weighted by Gasteiger charge is 2.05. The van der Waals surface area contributed by atoms with Crippen LogP contribution in [0.5, 0.6) is 17.2 Å². The number of hydrogen-bond donors (Lipinski definition) is 1. The number of methoxy groups -OCH3 is 3. The fourth-order valence-electron chi connectivity index (χ4n) is 1.91. The summed E-state index contributed by atoms with van der Waals surface area (Å²) in [5.41, 5.74) is 3.65. The largest absolute Gasteiger partial charge is 0.497 e. The van der Waals surface area contributed by atoms with Crippen LogP contribution < -0.4 is 19.6 Å². The molecular formula is C17H18N2O4. The van der Waals surface area contributed by atoms with E-state index >= 15 is 0 Å². The number of benzene rings is 2. The number of hydrogen-bond acceptors (Lipinski definition) is 5. The zero-order valence-electron chi connectivity index (χ0n) is 13.2. The monoisotopic (exact) mass is 314 g/mol. The Labute approximate surface area is 134 Å². The van der Waals surface area contributed by atoms with Gasteiger partial charge in [0.15, 0.2) is 0 Å². The van der Waals surface area contributed by atoms with E-state index in [0.29, 0.717) is 28.4 Å². The molecular weight excluding hydrogens is 296 g/mol. The second-order valence-electron chi connectivity index (χ2n) is 4.54. The zero-order chi connectivity index (χ0) is 16.7. The topological polar surface area (TPSA) is 69.2 Å². The van der Waals surface area contributed by atoms with Crippen LogP contribution in [-0.4, -0.2) is 33.5 Å². The van der Waals surface area contributed by atoms with Crippen molar-refractivity contribution in [2.45, 2.75) is 0 Å². The van der Waals surface area contributed by atoms with E-state index in [2.05, 4.69) is 10.5 Å². The fourth-order valence-corrected chi connectivity index (χ4v) is 1.91. The lowest BCUT2D eigenvalue weighted by atomic mass is 10.2. The van der Waals surface area contributed by atoms with Gasteiger partial charge in [0.05, 0.1) is 27.5 Å². The summed E-state index contributed by atoms with van der Waals surface area (Å²) in [4.78, 5) is 12.0. The first kappa shape index (κ1) is 16.4. The zero-order valence-corrected chi connectivity index (χ0v) is 13.2. The van der Waals surface area contributed by atoms with Crippen molar-refractivity contribution in [2.24, 2.45) is 5.10 Å². The molecule has 6 heteroatoms. The molecule has 2 aromatic carbocycles. The molecule has 0 radical (unpaired) electrons. The van der Waals surface area contributed by atoms with Crippen LogP contribution >= 0.6 is 0 Å². The molecule has 1 amide bonds. The van der Waals surface area contributed by atoms with E-state index in [1.807, 2.05) is 0 Å². The Balaban J connectivity index is 2.07. The van der Waals surface area contributed by atoms with Crippen LogP contribution in [0, 0.1) is 0 Å². The smallest absolute Gasteiger partial charge is 0.271 e. The molecule has 0 heterocycles. The average molecular weight is 314 g/mol. The normalized spacial score (nSPS) is 10.4. The maximum Gasteiger partial charge on any atom is 0.271 e. The standard InChI is InChI=1S/C17H18N2O4/c1-21-14-6-4-12(5-7-14)17(20)19-18-11-13-10-15(22-2)8-9-16(13)23-3/h4-11H,1-3H3,(H,19,20). The van der Waals surface area contributed by atoms with Gasteiger partial charge in [-0.05, 0) is 42.5 Å². The predicted octanol–water partition coefficient (Wildman–Crippen LogP) is 2.48. The van der Waals surface area contributed by atoms with Crippen LogP contribution in [0.25, 0.3) is 0 Å². The summed E-state index contributed by atoms with van der Waals surface area (Å²) in [6.45, 7) is 0. The third kappa shape index (κ3) is 4.23. The minimum Gasteiger partial charge on any atom is -0.497 e. The van der Waals surface area contributed by atoms with E-state index in [9.17, 15) is 4.79 Å². The van der Waals surface area contributed by atoms with E-state index in [4.69, 9.17) is 14.2 Å². The number of carbonyl (C=O) groups excluding carboxylic acids is 1. The number of carbonyl (C=O) groups is 1. The van der Waals surface area contributed by atoms with Crippen molar-refractivity contribution in [3.05, 3.63) is 53.6 Å². The van der Waals surface area contributed by atoms with Crippen LogP contribution in [-0.2, 0) is 0 Å². The van der Waals surface area contributed by atoms with Crippen molar-refractivity contribution in [3.63, 3.8) is 0 Å². The lowest BCUT2D eigenvalue weighted by Crippen LogP contribution is -2.17. The van der Waals surface area contributed by atoms with Crippen LogP contribution in [0.4, 0.5) is 0 Å². The van der Waals surface area contributed by atoms with E-state index < -0.39 is 0 Å². The molecule has 0 aliphatic heterocycles. The first-order valence-corrected chi connectivity index (χ1v) is 6.87. The quantitative estimate of drug-likeness (QED) is 0.657. The Morgan fingerprint density at radius 2 is 1.61 bits per heavy atom. The molecule has 23 heavy (non-hydrogen) atoms. The highest BCUT2D eigenvalue weighted by Crippen LogP contribution is 2.22. The van der Waals surface area contributed by atoms with E-state index in [-0.39, 0.29) is 5.91 Å². The van der Waals surface area contributed by atoms with Gasteiger partial charge < -0.3 is 14.2 Å². The van der Waals surface area contributed by atoms with Crippen molar-refractivity contribution in [3.8, 4) is 17.2 Å². The van der Waals surface area contributed by atoms with E-state index in [1.165, 1.54) is 6.21 Å². The van der Waals surface area contributed by atoms with E-state index in [1.54, 1.807) is 63.8 Å². The van der Waals surface area contributed by atoms with Gasteiger partial charge in [-0.3, -0.25) is 4.79 Å². The van der Waals surface area contributed by atoms with Crippen molar-refractivity contribution < 1.29 is 19.0 Å². The first-order chi connectivity index (χ1) is 11.2. The number of rotatable bonds is 6. The molecule has 0 fully saturated rings. The molecule has 6 nitrogen and oxygen atoms in total. The molecule has 1 N–H and O–H groups in total. The SMILES string of the molecule is COc1ccc(C(=O)NN=Cc2cc(OC)ccc2OC)cc1. The van der Waals surface area contributed by atoms with Gasteiger partial charge in [-0.2, -0.15) is 5.10 Å². The maximum absolute atomic E-state index is 12.0. The number of hydrazone groups is 1. The number of amides is 1. The van der Waals surface area contributed by atoms with Crippen molar-refractivity contribution in [1.82, 2.24) is 5.43 Å². The Bertz CT molecular complexity index is 696. The second-order valence-corrected chi connectivity index (χ2v) is 4.54. The summed E-state index contributed by atoms with van der Waals surface area (Å²) in [7, 11) is 4.71. The molecule has 0 saturated heterocycles. The minimum absolute atomic E-state index is 0.314. The summed E-state index contributed by atoms with van der Waals surface area (Å²) >= 11 is 0. The van der Waals surface area contributed by atoms with Crippen LogP contribution in [0.2, 0.25) is 0 Å². The van der Waals surface area contributed by atoms with E-state index in [0.717, 1.165) is 0 Å². The Kier molecular flexibility index (Phi) is 5.57. The Morgan fingerprint density at radius 1 is 0.957 bits per heavy atom. The third-order valence-corrected chi connectivity index (χ3v) is 3.16. The summed E-state index contributed by atoms with van der Waals surface area (Å²) in [6, 6.07) is 12.1. The summed E-state index contributed by atoms with van der Waals surface area (Å²) in [5, 5.41) is 3.95. The summed E-state index contributed by atoms with van der Waals surface area (Å²) in [6.07, 6.45) is 1.50. The maximum atomic E-state index is 12.0. The highest BCUT2D eigenvalue weighted by molar-refractivity contribution is 5.95. The van der Waals surface area contributed by atoms with Crippen LogP contribution in [0.3, 0.4) is 0 Å². The minimum atomic E-state index is -0.314. The second kappa shape index (κ2) is 7.84. The molecule has 0 aliphatic rings. The highest BCUT2D eigenvalue weighted by atomic mass is 16.5. The average Bonchev–Trinajstić information content (AvgIpc) is 2.61. The predicted molar refractivity (Wildman–Crippen MR) is 87.6 cm³/mol.